The van der Waals surface area contributed by atoms with Gasteiger partial charge in [0.25, 0.3) is 0 Å². The second-order valence-electron chi connectivity index (χ2n) is 9.33. The van der Waals surface area contributed by atoms with Crippen molar-refractivity contribution in [1.29, 1.82) is 0 Å². The number of amides is 1. The molecule has 0 unspecified atom stereocenters. The summed E-state index contributed by atoms with van der Waals surface area (Å²) in [6, 6.07) is 11.8. The number of aromatic nitrogens is 2. The van der Waals surface area contributed by atoms with Crippen LogP contribution in [0, 0.1) is 5.92 Å². The van der Waals surface area contributed by atoms with E-state index < -0.39 is 11.7 Å². The van der Waals surface area contributed by atoms with Crippen LogP contribution in [0.25, 0.3) is 22.0 Å². The topological polar surface area (TPSA) is 85.4 Å². The minimum Gasteiger partial charge on any atom is -0.492 e. The fourth-order valence-corrected chi connectivity index (χ4v) is 3.35. The van der Waals surface area contributed by atoms with Crippen molar-refractivity contribution >= 4 is 28.5 Å². The predicted octanol–water partition coefficient (Wildman–Crippen LogP) is 6.50. The molecule has 0 fully saturated rings. The SMILES string of the molecule is CCOc1cc(-c2ccc3ncnc(NCCC(C)C)c3c2)ccc1NC(=O)OC(C)(C)C. The molecule has 1 heterocycles. The van der Waals surface area contributed by atoms with Gasteiger partial charge in [-0.25, -0.2) is 14.8 Å². The zero-order valence-electron chi connectivity index (χ0n) is 20.4. The summed E-state index contributed by atoms with van der Waals surface area (Å²) < 4.78 is 11.2. The number of benzene rings is 2. The normalized spacial score (nSPS) is 11.5. The molecule has 0 spiro atoms. The van der Waals surface area contributed by atoms with Crippen molar-refractivity contribution in [2.75, 3.05) is 23.8 Å². The minimum absolute atomic E-state index is 0.474. The van der Waals surface area contributed by atoms with E-state index in [-0.39, 0.29) is 0 Å². The number of hydrogen-bond acceptors (Lipinski definition) is 6. The number of fused-ring (bicyclic) bond motifs is 1. The molecule has 1 aromatic heterocycles. The monoisotopic (exact) mass is 450 g/mol. The second-order valence-corrected chi connectivity index (χ2v) is 9.33. The Morgan fingerprint density at radius 1 is 1.06 bits per heavy atom. The molecule has 2 aromatic carbocycles. The highest BCUT2D eigenvalue weighted by molar-refractivity contribution is 5.93. The highest BCUT2D eigenvalue weighted by Crippen LogP contribution is 2.33. The quantitative estimate of drug-likeness (QED) is 0.407. The number of ether oxygens (including phenoxy) is 2. The van der Waals surface area contributed by atoms with Gasteiger partial charge in [0.2, 0.25) is 0 Å². The lowest BCUT2D eigenvalue weighted by atomic mass is 10.0. The maximum absolute atomic E-state index is 12.2. The maximum atomic E-state index is 12.2. The van der Waals surface area contributed by atoms with Crippen LogP contribution in [-0.2, 0) is 4.74 Å². The van der Waals surface area contributed by atoms with Gasteiger partial charge in [-0.15, -0.1) is 0 Å². The van der Waals surface area contributed by atoms with Crippen LogP contribution in [0.1, 0.15) is 48.0 Å². The third kappa shape index (κ3) is 6.81. The summed E-state index contributed by atoms with van der Waals surface area (Å²) in [5.74, 6) is 2.03. The van der Waals surface area contributed by atoms with Crippen LogP contribution in [0.4, 0.5) is 16.3 Å². The first-order chi connectivity index (χ1) is 15.7. The second kappa shape index (κ2) is 10.5. The Morgan fingerprint density at radius 3 is 2.48 bits per heavy atom. The lowest BCUT2D eigenvalue weighted by molar-refractivity contribution is 0.0635. The van der Waals surface area contributed by atoms with E-state index in [1.807, 2.05) is 58.0 Å². The molecule has 33 heavy (non-hydrogen) atoms. The summed E-state index contributed by atoms with van der Waals surface area (Å²) in [5, 5.41) is 7.19. The maximum Gasteiger partial charge on any atom is 0.412 e. The summed E-state index contributed by atoms with van der Waals surface area (Å²) in [6.07, 6.45) is 2.13. The Bertz CT molecular complexity index is 1110. The van der Waals surface area contributed by atoms with Gasteiger partial charge in [0.15, 0.2) is 0 Å². The zero-order valence-corrected chi connectivity index (χ0v) is 20.4. The van der Waals surface area contributed by atoms with Crippen LogP contribution in [-0.4, -0.2) is 34.8 Å². The molecule has 0 bridgehead atoms. The number of anilines is 2. The molecule has 0 atom stereocenters. The molecule has 0 aliphatic rings. The average Bonchev–Trinajstić information content (AvgIpc) is 2.73. The largest absolute Gasteiger partial charge is 0.492 e. The highest BCUT2D eigenvalue weighted by atomic mass is 16.6. The van der Waals surface area contributed by atoms with Crippen molar-refractivity contribution in [2.45, 2.75) is 53.6 Å². The fraction of sp³-hybridized carbons (Fsp3) is 0.423. The molecular weight excluding hydrogens is 416 g/mol. The van der Waals surface area contributed by atoms with Gasteiger partial charge in [-0.1, -0.05) is 26.0 Å². The molecular formula is C26H34N4O3. The minimum atomic E-state index is -0.579. The molecule has 0 saturated heterocycles. The van der Waals surface area contributed by atoms with Gasteiger partial charge in [0.05, 0.1) is 17.8 Å². The first kappa shape index (κ1) is 24.3. The Labute approximate surface area is 195 Å². The Balaban J connectivity index is 1.90. The van der Waals surface area contributed by atoms with Gasteiger partial charge >= 0.3 is 6.09 Å². The Kier molecular flexibility index (Phi) is 7.74. The van der Waals surface area contributed by atoms with Gasteiger partial charge in [-0.2, -0.15) is 0 Å². The summed E-state index contributed by atoms with van der Waals surface area (Å²) in [7, 11) is 0. The third-order valence-electron chi connectivity index (χ3n) is 4.90. The van der Waals surface area contributed by atoms with Gasteiger partial charge in [-0.3, -0.25) is 5.32 Å². The fourth-order valence-electron chi connectivity index (χ4n) is 3.35. The van der Waals surface area contributed by atoms with E-state index in [1.54, 1.807) is 6.33 Å². The number of carbonyl (C=O) groups is 1. The zero-order chi connectivity index (χ0) is 24.0. The molecule has 0 saturated carbocycles. The smallest absolute Gasteiger partial charge is 0.412 e. The lowest BCUT2D eigenvalue weighted by Gasteiger charge is -2.20. The van der Waals surface area contributed by atoms with Gasteiger partial charge in [-0.05, 0) is 75.4 Å². The van der Waals surface area contributed by atoms with E-state index in [0.29, 0.717) is 24.0 Å². The van der Waals surface area contributed by atoms with Crippen molar-refractivity contribution in [2.24, 2.45) is 5.92 Å². The van der Waals surface area contributed by atoms with E-state index in [4.69, 9.17) is 9.47 Å². The molecule has 1 amide bonds. The standard InChI is InChI=1S/C26H34N4O3/c1-7-32-23-15-19(9-11-22(23)30-25(31)33-26(4,5)6)18-8-10-21-20(14-18)24(29-16-28-21)27-13-12-17(2)3/h8-11,14-17H,7,12-13H2,1-6H3,(H,30,31)(H,27,28,29). The molecule has 7 heteroatoms. The van der Waals surface area contributed by atoms with Crippen molar-refractivity contribution in [3.8, 4) is 16.9 Å². The first-order valence-electron chi connectivity index (χ1n) is 11.4. The van der Waals surface area contributed by atoms with Crippen LogP contribution in [0.3, 0.4) is 0 Å². The molecule has 3 aromatic rings. The summed E-state index contributed by atoms with van der Waals surface area (Å²) in [5.41, 5.74) is 2.84. The molecule has 0 radical (unpaired) electrons. The Morgan fingerprint density at radius 2 is 1.79 bits per heavy atom. The van der Waals surface area contributed by atoms with E-state index >= 15 is 0 Å². The van der Waals surface area contributed by atoms with Crippen LogP contribution < -0.4 is 15.4 Å². The summed E-state index contributed by atoms with van der Waals surface area (Å²) in [6.45, 7) is 13.1. The molecule has 0 aliphatic carbocycles. The number of hydrogen-bond donors (Lipinski definition) is 2. The third-order valence-corrected chi connectivity index (χ3v) is 4.90. The van der Waals surface area contributed by atoms with Crippen LogP contribution in [0.5, 0.6) is 5.75 Å². The number of carbonyl (C=O) groups excluding carboxylic acids is 1. The van der Waals surface area contributed by atoms with Crippen molar-refractivity contribution in [3.05, 3.63) is 42.7 Å². The number of nitrogens with one attached hydrogen (secondary N) is 2. The average molecular weight is 451 g/mol. The molecule has 2 N–H and O–H groups in total. The molecule has 7 nitrogen and oxygen atoms in total. The van der Waals surface area contributed by atoms with E-state index in [1.165, 1.54) is 0 Å². The number of nitrogens with zero attached hydrogens (tertiary/aromatic N) is 2. The van der Waals surface area contributed by atoms with E-state index in [2.05, 4.69) is 40.5 Å². The van der Waals surface area contributed by atoms with E-state index in [9.17, 15) is 4.79 Å². The van der Waals surface area contributed by atoms with Crippen molar-refractivity contribution < 1.29 is 14.3 Å². The molecule has 3 rings (SSSR count). The van der Waals surface area contributed by atoms with Crippen molar-refractivity contribution in [1.82, 2.24) is 9.97 Å². The molecule has 176 valence electrons. The Hall–Kier alpha value is -3.35. The van der Waals surface area contributed by atoms with Gasteiger partial charge in [0, 0.05) is 11.9 Å². The van der Waals surface area contributed by atoms with Crippen molar-refractivity contribution in [3.63, 3.8) is 0 Å². The van der Waals surface area contributed by atoms with Crippen LogP contribution >= 0.6 is 0 Å². The van der Waals surface area contributed by atoms with E-state index in [0.717, 1.165) is 40.8 Å². The van der Waals surface area contributed by atoms with Crippen LogP contribution in [0.15, 0.2) is 42.7 Å². The predicted molar refractivity (Wildman–Crippen MR) is 134 cm³/mol. The lowest BCUT2D eigenvalue weighted by Crippen LogP contribution is -2.27. The first-order valence-corrected chi connectivity index (χ1v) is 11.4. The highest BCUT2D eigenvalue weighted by Gasteiger charge is 2.18. The number of rotatable bonds is 8. The molecule has 0 aliphatic heterocycles. The summed E-state index contributed by atoms with van der Waals surface area (Å²) in [4.78, 5) is 21.1. The summed E-state index contributed by atoms with van der Waals surface area (Å²) >= 11 is 0. The van der Waals surface area contributed by atoms with Gasteiger partial charge in [0.1, 0.15) is 23.5 Å². The van der Waals surface area contributed by atoms with Gasteiger partial charge < -0.3 is 14.8 Å². The van der Waals surface area contributed by atoms with Crippen LogP contribution in [0.2, 0.25) is 0 Å².